The Hall–Kier alpha value is -0.670. The van der Waals surface area contributed by atoms with Crippen LogP contribution in [-0.4, -0.2) is 42.5 Å². The van der Waals surface area contributed by atoms with Gasteiger partial charge in [0.05, 0.1) is 6.61 Å². The fraction of sp³-hybridized carbons (Fsp3) is 0.231. The van der Waals surface area contributed by atoms with Crippen molar-refractivity contribution in [2.24, 2.45) is 0 Å². The van der Waals surface area contributed by atoms with Crippen LogP contribution in [0.2, 0.25) is 0 Å². The van der Waals surface area contributed by atoms with Gasteiger partial charge in [-0.05, 0) is 0 Å². The number of ether oxygens (including phenoxy) is 1. The zero-order valence-corrected chi connectivity index (χ0v) is 14.2. The smallest absolute Gasteiger partial charge is 0.499 e. The van der Waals surface area contributed by atoms with Gasteiger partial charge in [-0.2, -0.15) is 8.42 Å². The van der Waals surface area contributed by atoms with Crippen molar-refractivity contribution in [1.29, 1.82) is 0 Å². The monoisotopic (exact) mass is 320 g/mol. The van der Waals surface area contributed by atoms with Crippen molar-refractivity contribution < 1.29 is 57.5 Å². The summed E-state index contributed by atoms with van der Waals surface area (Å²) in [6.07, 6.45) is -1.15. The molecule has 3 N–H and O–H groups in total. The molecule has 0 radical (unpaired) electrons. The van der Waals surface area contributed by atoms with Gasteiger partial charge in [0, 0.05) is 0 Å². The molecular formula is C13H13NaO6S. The number of aliphatic hydroxyl groups is 2. The Kier molecular flexibility index (Phi) is 6.61. The van der Waals surface area contributed by atoms with Crippen molar-refractivity contribution in [3.8, 4) is 5.75 Å². The number of hydrogen-bond donors (Lipinski definition) is 3. The Morgan fingerprint density at radius 3 is 2.62 bits per heavy atom. The van der Waals surface area contributed by atoms with E-state index in [9.17, 15) is 18.1 Å². The zero-order chi connectivity index (χ0) is 14.8. The predicted octanol–water partition coefficient (Wildman–Crippen LogP) is -2.38. The van der Waals surface area contributed by atoms with E-state index in [4.69, 9.17) is 9.84 Å². The molecule has 0 amide bonds. The maximum Gasteiger partial charge on any atom is 1.00 e. The van der Waals surface area contributed by atoms with Gasteiger partial charge in [-0.1, -0.05) is 11.5 Å². The number of rotatable bonds is 5. The summed E-state index contributed by atoms with van der Waals surface area (Å²) < 4.78 is 37.2. The van der Waals surface area contributed by atoms with Crippen LogP contribution in [0.1, 0.15) is 0 Å². The quantitative estimate of drug-likeness (QED) is 0.323. The van der Waals surface area contributed by atoms with Crippen molar-refractivity contribution in [3.63, 3.8) is 0 Å². The van der Waals surface area contributed by atoms with E-state index >= 15 is 0 Å². The van der Waals surface area contributed by atoms with E-state index in [-0.39, 0.29) is 41.9 Å². The summed E-state index contributed by atoms with van der Waals surface area (Å²) in [5, 5.41) is 19.1. The molecule has 0 aromatic heterocycles. The normalized spacial score (nSPS) is 12.7. The molecule has 1 atom stereocenters. The molecule has 108 valence electrons. The SMILES string of the molecule is O=S(=O)(O)c1ccc2[c-]cccc2c1OCC(O)CO.[Na+]. The van der Waals surface area contributed by atoms with E-state index in [1.165, 1.54) is 12.1 Å². The second-order valence-corrected chi connectivity index (χ2v) is 5.54. The Labute approximate surface area is 144 Å². The summed E-state index contributed by atoms with van der Waals surface area (Å²) in [4.78, 5) is -0.394. The molecule has 0 saturated heterocycles. The van der Waals surface area contributed by atoms with Crippen LogP contribution in [0.25, 0.3) is 10.8 Å². The van der Waals surface area contributed by atoms with Gasteiger partial charge in [0.15, 0.2) is 0 Å². The molecule has 21 heavy (non-hydrogen) atoms. The molecular weight excluding hydrogens is 307 g/mol. The molecule has 0 heterocycles. The van der Waals surface area contributed by atoms with E-state index < -0.39 is 27.7 Å². The molecule has 8 heteroatoms. The van der Waals surface area contributed by atoms with E-state index in [1.54, 1.807) is 18.2 Å². The first-order valence-corrected chi connectivity index (χ1v) is 7.20. The molecule has 2 aromatic carbocycles. The largest absolute Gasteiger partial charge is 1.00 e. The first-order chi connectivity index (χ1) is 9.43. The van der Waals surface area contributed by atoms with Crippen molar-refractivity contribution in [2.75, 3.05) is 13.2 Å². The minimum Gasteiger partial charge on any atom is -0.499 e. The third-order valence-corrected chi connectivity index (χ3v) is 3.54. The molecule has 0 aliphatic rings. The summed E-state index contributed by atoms with van der Waals surface area (Å²) in [5.41, 5.74) is 0. The predicted molar refractivity (Wildman–Crippen MR) is 71.2 cm³/mol. The maximum atomic E-state index is 11.4. The zero-order valence-electron chi connectivity index (χ0n) is 11.4. The number of aliphatic hydroxyl groups excluding tert-OH is 2. The minimum absolute atomic E-state index is 0. The van der Waals surface area contributed by atoms with Gasteiger partial charge in [0.25, 0.3) is 10.1 Å². The average molecular weight is 320 g/mol. The van der Waals surface area contributed by atoms with Crippen LogP contribution >= 0.6 is 0 Å². The summed E-state index contributed by atoms with van der Waals surface area (Å²) in [6, 6.07) is 10.5. The van der Waals surface area contributed by atoms with Gasteiger partial charge in [-0.15, -0.1) is 35.7 Å². The van der Waals surface area contributed by atoms with Gasteiger partial charge < -0.3 is 14.9 Å². The van der Waals surface area contributed by atoms with E-state index in [1.807, 2.05) is 0 Å². The fourth-order valence-corrected chi connectivity index (χ4v) is 2.38. The van der Waals surface area contributed by atoms with Crippen LogP contribution in [-0.2, 0) is 10.1 Å². The van der Waals surface area contributed by atoms with Gasteiger partial charge >= 0.3 is 29.6 Å². The molecule has 6 nitrogen and oxygen atoms in total. The van der Waals surface area contributed by atoms with Crippen LogP contribution in [0.4, 0.5) is 0 Å². The Bertz CT molecular complexity index is 716. The number of fused-ring (bicyclic) bond motifs is 1. The molecule has 0 bridgehead atoms. The molecule has 0 aliphatic carbocycles. The van der Waals surface area contributed by atoms with E-state index in [0.29, 0.717) is 10.8 Å². The first-order valence-electron chi connectivity index (χ1n) is 5.76. The molecule has 0 saturated carbocycles. The first kappa shape index (κ1) is 18.4. The van der Waals surface area contributed by atoms with Crippen molar-refractivity contribution in [1.82, 2.24) is 0 Å². The number of hydrogen-bond acceptors (Lipinski definition) is 5. The third kappa shape index (κ3) is 4.40. The van der Waals surface area contributed by atoms with Crippen LogP contribution in [0.5, 0.6) is 5.75 Å². The minimum atomic E-state index is -4.46. The van der Waals surface area contributed by atoms with Crippen molar-refractivity contribution in [2.45, 2.75) is 11.0 Å². The topological polar surface area (TPSA) is 104 Å². The van der Waals surface area contributed by atoms with Crippen LogP contribution < -0.4 is 34.3 Å². The summed E-state index contributed by atoms with van der Waals surface area (Å²) in [7, 11) is -4.46. The Balaban J connectivity index is 0.00000220. The molecule has 0 fully saturated rings. The van der Waals surface area contributed by atoms with Gasteiger partial charge in [0.1, 0.15) is 23.4 Å². The molecule has 0 spiro atoms. The van der Waals surface area contributed by atoms with E-state index in [2.05, 4.69) is 6.07 Å². The summed E-state index contributed by atoms with van der Waals surface area (Å²) in [5.74, 6) is -0.0747. The van der Waals surface area contributed by atoms with Gasteiger partial charge in [-0.25, -0.2) is 0 Å². The van der Waals surface area contributed by atoms with Crippen LogP contribution in [0.15, 0.2) is 35.2 Å². The molecule has 2 aromatic rings. The van der Waals surface area contributed by atoms with Gasteiger partial charge in [-0.3, -0.25) is 4.55 Å². The summed E-state index contributed by atoms with van der Waals surface area (Å²) >= 11 is 0. The molecule has 2 rings (SSSR count). The second-order valence-electron chi connectivity index (χ2n) is 4.15. The number of benzene rings is 2. The average Bonchev–Trinajstić information content (AvgIpc) is 2.42. The Morgan fingerprint density at radius 2 is 2.00 bits per heavy atom. The van der Waals surface area contributed by atoms with Crippen molar-refractivity contribution >= 4 is 20.9 Å². The molecule has 1 unspecified atom stereocenters. The third-order valence-electron chi connectivity index (χ3n) is 2.67. The summed E-state index contributed by atoms with van der Waals surface area (Å²) in [6.45, 7) is -0.814. The van der Waals surface area contributed by atoms with Crippen LogP contribution in [0.3, 0.4) is 0 Å². The Morgan fingerprint density at radius 1 is 1.29 bits per heavy atom. The standard InChI is InChI=1S/C13H13O6S.Na/c14-7-10(15)8-19-13-11-4-2-1-3-9(11)5-6-12(13)20(16,17)18;/h1-2,4-6,10,14-15H,7-8H2,(H,16,17,18);/q-1;+1. The van der Waals surface area contributed by atoms with Crippen molar-refractivity contribution in [3.05, 3.63) is 36.4 Å². The maximum absolute atomic E-state index is 11.4. The molecule has 0 aliphatic heterocycles. The van der Waals surface area contributed by atoms with Crippen LogP contribution in [0, 0.1) is 6.07 Å². The van der Waals surface area contributed by atoms with E-state index in [0.717, 1.165) is 0 Å². The fourth-order valence-electron chi connectivity index (χ4n) is 1.74. The van der Waals surface area contributed by atoms with Gasteiger partial charge in [0.2, 0.25) is 0 Å². The second kappa shape index (κ2) is 7.55.